The number of carbonyl (C=O) groups excluding carboxylic acids is 1. The first kappa shape index (κ1) is 16.4. The van der Waals surface area contributed by atoms with Crippen molar-refractivity contribution in [2.45, 2.75) is 39.2 Å². The monoisotopic (exact) mass is 329 g/mol. The lowest BCUT2D eigenvalue weighted by molar-refractivity contribution is -0.124. The second-order valence-corrected chi connectivity index (χ2v) is 6.62. The molecule has 116 valence electrons. The number of nitrogens with one attached hydrogen (secondary N) is 1. The molecule has 0 aliphatic heterocycles. The van der Waals surface area contributed by atoms with Gasteiger partial charge in [-0.25, -0.2) is 0 Å². The molecule has 0 radical (unpaired) electrons. The number of amides is 1. The molecule has 1 aromatic rings. The van der Waals surface area contributed by atoms with Crippen molar-refractivity contribution in [2.75, 3.05) is 6.61 Å². The van der Waals surface area contributed by atoms with Gasteiger partial charge in [-0.1, -0.05) is 49.9 Å². The van der Waals surface area contributed by atoms with E-state index in [0.29, 0.717) is 27.6 Å². The molecule has 1 amide bonds. The van der Waals surface area contributed by atoms with Gasteiger partial charge >= 0.3 is 0 Å². The van der Waals surface area contributed by atoms with Crippen molar-refractivity contribution in [3.63, 3.8) is 0 Å². The maximum Gasteiger partial charge on any atom is 0.258 e. The van der Waals surface area contributed by atoms with E-state index in [1.807, 2.05) is 0 Å². The molecule has 0 spiro atoms. The van der Waals surface area contributed by atoms with Crippen LogP contribution in [0.3, 0.4) is 0 Å². The molecule has 0 unspecified atom stereocenters. The number of benzene rings is 1. The molecule has 1 fully saturated rings. The van der Waals surface area contributed by atoms with E-state index in [9.17, 15) is 4.79 Å². The van der Waals surface area contributed by atoms with Gasteiger partial charge < -0.3 is 10.1 Å². The number of hydrogen-bond acceptors (Lipinski definition) is 2. The Labute approximate surface area is 136 Å². The summed E-state index contributed by atoms with van der Waals surface area (Å²) in [6, 6.07) is 5.22. The van der Waals surface area contributed by atoms with Crippen LogP contribution < -0.4 is 10.1 Å². The Morgan fingerprint density at radius 3 is 2.76 bits per heavy atom. The number of hydrogen-bond donors (Lipinski definition) is 1. The molecule has 3 atom stereocenters. The van der Waals surface area contributed by atoms with Gasteiger partial charge in [-0.3, -0.25) is 4.79 Å². The molecule has 0 saturated heterocycles. The highest BCUT2D eigenvalue weighted by molar-refractivity contribution is 6.42. The number of halogens is 2. The lowest BCUT2D eigenvalue weighted by atomic mass is 9.78. The second kappa shape index (κ2) is 7.37. The first-order valence-corrected chi connectivity index (χ1v) is 8.10. The summed E-state index contributed by atoms with van der Waals surface area (Å²) in [6.45, 7) is 4.44. The Bertz CT molecular complexity index is 507. The molecule has 1 N–H and O–H groups in total. The van der Waals surface area contributed by atoms with E-state index in [1.165, 1.54) is 12.8 Å². The van der Waals surface area contributed by atoms with E-state index < -0.39 is 0 Å². The zero-order valence-corrected chi connectivity index (χ0v) is 13.9. The Morgan fingerprint density at radius 1 is 1.29 bits per heavy atom. The highest BCUT2D eigenvalue weighted by Gasteiger charge is 2.28. The first-order valence-electron chi connectivity index (χ1n) is 7.34. The largest absolute Gasteiger partial charge is 0.484 e. The molecule has 1 aliphatic carbocycles. The average molecular weight is 330 g/mol. The normalized spacial score (nSPS) is 25.4. The van der Waals surface area contributed by atoms with E-state index in [0.717, 1.165) is 6.42 Å². The molecule has 1 aliphatic rings. The van der Waals surface area contributed by atoms with Crippen LogP contribution in [0.2, 0.25) is 10.0 Å². The van der Waals surface area contributed by atoms with Gasteiger partial charge in [0, 0.05) is 12.1 Å². The van der Waals surface area contributed by atoms with Gasteiger partial charge in [-0.2, -0.15) is 0 Å². The van der Waals surface area contributed by atoms with Gasteiger partial charge in [0.2, 0.25) is 0 Å². The van der Waals surface area contributed by atoms with Gasteiger partial charge in [0.1, 0.15) is 5.75 Å². The molecule has 2 rings (SSSR count). The summed E-state index contributed by atoms with van der Waals surface area (Å²) in [5, 5.41) is 3.96. The minimum Gasteiger partial charge on any atom is -0.484 e. The molecule has 0 aromatic heterocycles. The molecule has 1 saturated carbocycles. The summed E-state index contributed by atoms with van der Waals surface area (Å²) in [7, 11) is 0. The summed E-state index contributed by atoms with van der Waals surface area (Å²) in [5.74, 6) is 1.62. The van der Waals surface area contributed by atoms with Crippen molar-refractivity contribution in [3.8, 4) is 5.75 Å². The van der Waals surface area contributed by atoms with Crippen LogP contribution in [0.15, 0.2) is 18.2 Å². The van der Waals surface area contributed by atoms with E-state index >= 15 is 0 Å². The van der Waals surface area contributed by atoms with E-state index in [-0.39, 0.29) is 18.6 Å². The maximum atomic E-state index is 12.0. The third kappa shape index (κ3) is 4.52. The third-order valence-electron chi connectivity index (χ3n) is 4.31. The number of carbonyl (C=O) groups is 1. The quantitative estimate of drug-likeness (QED) is 0.893. The SMILES string of the molecule is C[C@@H]1[C@H](C)CCC[C@H]1NC(=O)COc1ccc(Cl)c(Cl)c1. The van der Waals surface area contributed by atoms with Crippen LogP contribution in [-0.4, -0.2) is 18.6 Å². The standard InChI is InChI=1S/C16H21Cl2NO2/c1-10-4-3-5-15(11(10)2)19-16(20)9-21-12-6-7-13(17)14(18)8-12/h6-8,10-11,15H,3-5,9H2,1-2H3,(H,19,20)/t10-,11-,15-/m1/s1. The fraction of sp³-hybridized carbons (Fsp3) is 0.562. The number of rotatable bonds is 4. The Hall–Kier alpha value is -0.930. The lowest BCUT2D eigenvalue weighted by Crippen LogP contribution is -2.45. The van der Waals surface area contributed by atoms with Crippen molar-refractivity contribution in [3.05, 3.63) is 28.2 Å². The summed E-state index contributed by atoms with van der Waals surface area (Å²) in [4.78, 5) is 12.0. The van der Waals surface area contributed by atoms with Gasteiger partial charge in [0.15, 0.2) is 6.61 Å². The summed E-state index contributed by atoms with van der Waals surface area (Å²) in [5.41, 5.74) is 0. The fourth-order valence-corrected chi connectivity index (χ4v) is 3.04. The minimum atomic E-state index is -0.0907. The molecule has 1 aromatic carbocycles. The van der Waals surface area contributed by atoms with Crippen molar-refractivity contribution >= 4 is 29.1 Å². The van der Waals surface area contributed by atoms with Gasteiger partial charge in [0.05, 0.1) is 10.0 Å². The van der Waals surface area contributed by atoms with Crippen molar-refractivity contribution in [1.29, 1.82) is 0 Å². The molecule has 21 heavy (non-hydrogen) atoms. The van der Waals surface area contributed by atoms with Crippen molar-refractivity contribution in [1.82, 2.24) is 5.32 Å². The molecule has 3 nitrogen and oxygen atoms in total. The first-order chi connectivity index (χ1) is 9.97. The van der Waals surface area contributed by atoms with Crippen LogP contribution >= 0.6 is 23.2 Å². The smallest absolute Gasteiger partial charge is 0.258 e. The molecule has 0 heterocycles. The molecule has 0 bridgehead atoms. The topological polar surface area (TPSA) is 38.3 Å². The summed E-state index contributed by atoms with van der Waals surface area (Å²) < 4.78 is 5.45. The fourth-order valence-electron chi connectivity index (χ4n) is 2.75. The zero-order chi connectivity index (χ0) is 15.4. The molecular weight excluding hydrogens is 309 g/mol. The van der Waals surface area contributed by atoms with Crippen LogP contribution in [-0.2, 0) is 4.79 Å². The van der Waals surface area contributed by atoms with Crippen molar-refractivity contribution in [2.24, 2.45) is 11.8 Å². The third-order valence-corrected chi connectivity index (χ3v) is 5.05. The predicted octanol–water partition coefficient (Wildman–Crippen LogP) is 4.31. The average Bonchev–Trinajstić information content (AvgIpc) is 2.45. The summed E-state index contributed by atoms with van der Waals surface area (Å²) in [6.07, 6.45) is 3.46. The van der Waals surface area contributed by atoms with Crippen LogP contribution in [0.25, 0.3) is 0 Å². The van der Waals surface area contributed by atoms with E-state index in [1.54, 1.807) is 18.2 Å². The molecule has 5 heteroatoms. The Balaban J connectivity index is 1.83. The molecular formula is C16H21Cl2NO2. The van der Waals surface area contributed by atoms with E-state index in [4.69, 9.17) is 27.9 Å². The highest BCUT2D eigenvalue weighted by atomic mass is 35.5. The van der Waals surface area contributed by atoms with Gasteiger partial charge in [0.25, 0.3) is 5.91 Å². The van der Waals surface area contributed by atoms with Crippen molar-refractivity contribution < 1.29 is 9.53 Å². The van der Waals surface area contributed by atoms with Gasteiger partial charge in [-0.15, -0.1) is 0 Å². The van der Waals surface area contributed by atoms with Crippen LogP contribution in [0.5, 0.6) is 5.75 Å². The minimum absolute atomic E-state index is 0.00440. The summed E-state index contributed by atoms with van der Waals surface area (Å²) >= 11 is 11.7. The highest BCUT2D eigenvalue weighted by Crippen LogP contribution is 2.29. The number of ether oxygens (including phenoxy) is 1. The van der Waals surface area contributed by atoms with Crippen LogP contribution in [0.1, 0.15) is 33.1 Å². The van der Waals surface area contributed by atoms with Crippen LogP contribution in [0.4, 0.5) is 0 Å². The Morgan fingerprint density at radius 2 is 2.05 bits per heavy atom. The van der Waals surface area contributed by atoms with Crippen LogP contribution in [0, 0.1) is 11.8 Å². The maximum absolute atomic E-state index is 12.0. The predicted molar refractivity (Wildman–Crippen MR) is 86.1 cm³/mol. The zero-order valence-electron chi connectivity index (χ0n) is 12.4. The lowest BCUT2D eigenvalue weighted by Gasteiger charge is -2.34. The second-order valence-electron chi connectivity index (χ2n) is 5.81. The Kier molecular flexibility index (Phi) is 5.77. The van der Waals surface area contributed by atoms with Gasteiger partial charge in [-0.05, 0) is 30.4 Å². The van der Waals surface area contributed by atoms with E-state index in [2.05, 4.69) is 19.2 Å².